The van der Waals surface area contributed by atoms with Crippen LogP contribution in [-0.2, 0) is 16.2 Å². The number of aromatic nitrogens is 3. The molecule has 2 rings (SSSR count). The van der Waals surface area contributed by atoms with E-state index in [2.05, 4.69) is 35.5 Å². The molecule has 0 amide bonds. The summed E-state index contributed by atoms with van der Waals surface area (Å²) in [4.78, 5) is 0. The third-order valence-electron chi connectivity index (χ3n) is 3.12. The first kappa shape index (κ1) is 15.0. The van der Waals surface area contributed by atoms with Crippen LogP contribution in [0.3, 0.4) is 0 Å². The van der Waals surface area contributed by atoms with E-state index in [1.165, 1.54) is 0 Å². The molecule has 0 saturated heterocycles. The first-order chi connectivity index (χ1) is 9.49. The number of hydrogen-bond acceptors (Lipinski definition) is 3. The summed E-state index contributed by atoms with van der Waals surface area (Å²) in [6, 6.07) is 10.0. The van der Waals surface area contributed by atoms with Gasteiger partial charge in [0.05, 0.1) is 5.88 Å². The Labute approximate surface area is 124 Å². The van der Waals surface area contributed by atoms with Gasteiger partial charge in [-0.25, -0.2) is 0 Å². The molecule has 2 aromatic rings. The average Bonchev–Trinajstić information content (AvgIpc) is 2.85. The summed E-state index contributed by atoms with van der Waals surface area (Å²) in [6.45, 7) is 6.31. The molecule has 1 aromatic heterocycles. The van der Waals surface area contributed by atoms with E-state index in [9.17, 15) is 0 Å². The minimum absolute atomic E-state index is 0.158. The summed E-state index contributed by atoms with van der Waals surface area (Å²) in [5.74, 6) is 1.86. The minimum atomic E-state index is -0.250. The number of benzene rings is 1. The van der Waals surface area contributed by atoms with Crippen LogP contribution in [0.2, 0.25) is 0 Å². The van der Waals surface area contributed by atoms with Crippen LogP contribution in [0, 0.1) is 0 Å². The fourth-order valence-electron chi connectivity index (χ4n) is 2.34. The summed E-state index contributed by atoms with van der Waals surface area (Å²) in [5.41, 5.74) is 0.892. The third kappa shape index (κ3) is 2.86. The highest BCUT2D eigenvalue weighted by Gasteiger charge is 2.28. The second kappa shape index (κ2) is 5.94. The molecule has 108 valence electrons. The lowest BCUT2D eigenvalue weighted by molar-refractivity contribution is 0.120. The van der Waals surface area contributed by atoms with Gasteiger partial charge in [0.2, 0.25) is 0 Å². The smallest absolute Gasteiger partial charge is 0.167 e. The van der Waals surface area contributed by atoms with E-state index in [1.54, 1.807) is 7.11 Å². The molecule has 0 saturated carbocycles. The topological polar surface area (TPSA) is 39.9 Å². The Balaban J connectivity index is 2.54. The Bertz CT molecular complexity index is 560. The number of ether oxygens (including phenoxy) is 1. The molecule has 0 aliphatic rings. The third-order valence-corrected chi connectivity index (χ3v) is 3.36. The molecule has 0 radical (unpaired) electrons. The lowest BCUT2D eigenvalue weighted by Crippen LogP contribution is -2.28. The van der Waals surface area contributed by atoms with Gasteiger partial charge in [-0.3, -0.25) is 0 Å². The van der Waals surface area contributed by atoms with Gasteiger partial charge in [0.25, 0.3) is 0 Å². The molecule has 0 spiro atoms. The fraction of sp³-hybridized carbons (Fsp3) is 0.467. The molecule has 5 heteroatoms. The molecular weight excluding hydrogens is 274 g/mol. The van der Waals surface area contributed by atoms with Gasteiger partial charge in [-0.05, 0) is 26.3 Å². The summed E-state index contributed by atoms with van der Waals surface area (Å²) in [5, 5.41) is 8.50. The molecule has 0 fully saturated rings. The van der Waals surface area contributed by atoms with Crippen LogP contribution in [0.25, 0.3) is 0 Å². The summed E-state index contributed by atoms with van der Waals surface area (Å²) in [6.07, 6.45) is -0.250. The second-order valence-corrected chi connectivity index (χ2v) is 5.91. The largest absolute Gasteiger partial charge is 0.369 e. The van der Waals surface area contributed by atoms with Crippen LogP contribution in [0.5, 0.6) is 0 Å². The van der Waals surface area contributed by atoms with Crippen LogP contribution in [0.4, 0.5) is 0 Å². The standard InChI is InChI=1S/C15H20ClN3O/c1-15(2,3)19-12(10-16)17-18-14(19)13(20-4)11-8-6-5-7-9-11/h5-9,13H,10H2,1-4H3. The van der Waals surface area contributed by atoms with Gasteiger partial charge in [-0.2, -0.15) is 0 Å². The van der Waals surface area contributed by atoms with Crippen LogP contribution in [0.1, 0.15) is 44.1 Å². The Kier molecular flexibility index (Phi) is 4.45. The van der Waals surface area contributed by atoms with E-state index in [1.807, 2.05) is 30.3 Å². The highest BCUT2D eigenvalue weighted by Crippen LogP contribution is 2.29. The van der Waals surface area contributed by atoms with Crippen molar-refractivity contribution >= 4 is 11.6 Å². The monoisotopic (exact) mass is 293 g/mol. The Hall–Kier alpha value is -1.39. The van der Waals surface area contributed by atoms with Crippen molar-refractivity contribution in [3.8, 4) is 0 Å². The first-order valence-corrected chi connectivity index (χ1v) is 7.11. The second-order valence-electron chi connectivity index (χ2n) is 5.64. The number of alkyl halides is 1. The van der Waals surface area contributed by atoms with Gasteiger partial charge >= 0.3 is 0 Å². The molecule has 20 heavy (non-hydrogen) atoms. The number of hydrogen-bond donors (Lipinski definition) is 0. The lowest BCUT2D eigenvalue weighted by Gasteiger charge is -2.27. The number of halogens is 1. The maximum atomic E-state index is 5.98. The van der Waals surface area contributed by atoms with Crippen molar-refractivity contribution in [1.82, 2.24) is 14.8 Å². The van der Waals surface area contributed by atoms with Gasteiger partial charge in [-0.15, -0.1) is 21.8 Å². The molecule has 0 bridgehead atoms. The molecular formula is C15H20ClN3O. The van der Waals surface area contributed by atoms with E-state index in [4.69, 9.17) is 16.3 Å². The Morgan fingerprint density at radius 3 is 2.35 bits per heavy atom. The van der Waals surface area contributed by atoms with Crippen molar-refractivity contribution in [2.45, 2.75) is 38.3 Å². The van der Waals surface area contributed by atoms with Crippen LogP contribution in [-0.4, -0.2) is 21.9 Å². The average molecular weight is 294 g/mol. The quantitative estimate of drug-likeness (QED) is 0.810. The van der Waals surface area contributed by atoms with Gasteiger partial charge in [-0.1, -0.05) is 30.3 Å². The number of rotatable bonds is 4. The molecule has 0 N–H and O–H groups in total. The molecule has 1 atom stereocenters. The zero-order valence-electron chi connectivity index (χ0n) is 12.3. The van der Waals surface area contributed by atoms with Crippen molar-refractivity contribution < 1.29 is 4.74 Å². The minimum Gasteiger partial charge on any atom is -0.369 e. The van der Waals surface area contributed by atoms with Crippen molar-refractivity contribution in [2.24, 2.45) is 0 Å². The SMILES string of the molecule is COC(c1ccccc1)c1nnc(CCl)n1C(C)(C)C. The van der Waals surface area contributed by atoms with E-state index in [-0.39, 0.29) is 11.6 Å². The normalized spacial score (nSPS) is 13.4. The predicted octanol–water partition coefficient (Wildman–Crippen LogP) is 3.51. The highest BCUT2D eigenvalue weighted by molar-refractivity contribution is 6.16. The molecule has 4 nitrogen and oxygen atoms in total. The maximum absolute atomic E-state index is 5.98. The number of methoxy groups -OCH3 is 1. The first-order valence-electron chi connectivity index (χ1n) is 6.57. The predicted molar refractivity (Wildman–Crippen MR) is 79.9 cm³/mol. The van der Waals surface area contributed by atoms with Crippen molar-refractivity contribution in [2.75, 3.05) is 7.11 Å². The lowest BCUT2D eigenvalue weighted by atomic mass is 10.1. The fourth-order valence-corrected chi connectivity index (χ4v) is 2.51. The van der Waals surface area contributed by atoms with E-state index in [0.29, 0.717) is 5.88 Å². The van der Waals surface area contributed by atoms with Crippen molar-refractivity contribution in [1.29, 1.82) is 0 Å². The molecule has 1 aromatic carbocycles. The van der Waals surface area contributed by atoms with Crippen LogP contribution in [0.15, 0.2) is 30.3 Å². The van der Waals surface area contributed by atoms with Gasteiger partial charge < -0.3 is 9.30 Å². The summed E-state index contributed by atoms with van der Waals surface area (Å²) < 4.78 is 7.71. The number of nitrogens with zero attached hydrogens (tertiary/aromatic N) is 3. The summed E-state index contributed by atoms with van der Waals surface area (Å²) in [7, 11) is 1.68. The van der Waals surface area contributed by atoms with Gasteiger partial charge in [0.1, 0.15) is 11.9 Å². The van der Waals surface area contributed by atoms with Gasteiger partial charge in [0, 0.05) is 12.6 Å². The molecule has 0 aliphatic carbocycles. The van der Waals surface area contributed by atoms with E-state index >= 15 is 0 Å². The van der Waals surface area contributed by atoms with E-state index < -0.39 is 0 Å². The van der Waals surface area contributed by atoms with Gasteiger partial charge in [0.15, 0.2) is 5.82 Å². The van der Waals surface area contributed by atoms with Crippen LogP contribution >= 0.6 is 11.6 Å². The van der Waals surface area contributed by atoms with Crippen molar-refractivity contribution in [3.63, 3.8) is 0 Å². The summed E-state index contributed by atoms with van der Waals surface area (Å²) >= 11 is 5.98. The Morgan fingerprint density at radius 1 is 1.20 bits per heavy atom. The Morgan fingerprint density at radius 2 is 1.85 bits per heavy atom. The molecule has 0 aliphatic heterocycles. The zero-order chi connectivity index (χ0) is 14.8. The molecule has 1 heterocycles. The highest BCUT2D eigenvalue weighted by atomic mass is 35.5. The van der Waals surface area contributed by atoms with E-state index in [0.717, 1.165) is 17.2 Å². The van der Waals surface area contributed by atoms with Crippen molar-refractivity contribution in [3.05, 3.63) is 47.5 Å². The zero-order valence-corrected chi connectivity index (χ0v) is 13.1. The van der Waals surface area contributed by atoms with Crippen LogP contribution < -0.4 is 0 Å². The maximum Gasteiger partial charge on any atom is 0.167 e. The molecule has 1 unspecified atom stereocenters.